The number of furan rings is 1. The van der Waals surface area contributed by atoms with Gasteiger partial charge in [-0.15, -0.1) is 11.3 Å². The first-order valence-corrected chi connectivity index (χ1v) is 10.5. The van der Waals surface area contributed by atoms with Gasteiger partial charge in [-0.1, -0.05) is 6.07 Å². The molecular formula is C17H22N2O4S2. The van der Waals surface area contributed by atoms with E-state index in [9.17, 15) is 13.2 Å². The molecule has 25 heavy (non-hydrogen) atoms. The first-order chi connectivity index (χ1) is 11.9. The maximum absolute atomic E-state index is 12.6. The lowest BCUT2D eigenvalue weighted by molar-refractivity contribution is -0.136. The van der Waals surface area contributed by atoms with Gasteiger partial charge in [0.25, 0.3) is 10.0 Å². The number of rotatable bonds is 5. The van der Waals surface area contributed by atoms with E-state index in [4.69, 9.17) is 4.42 Å². The average Bonchev–Trinajstić information content (AvgIpc) is 3.26. The van der Waals surface area contributed by atoms with Crippen LogP contribution in [0, 0.1) is 12.8 Å². The molecule has 1 aliphatic heterocycles. The fraction of sp³-hybridized carbons (Fsp3) is 0.471. The van der Waals surface area contributed by atoms with Crippen molar-refractivity contribution in [2.45, 2.75) is 30.5 Å². The van der Waals surface area contributed by atoms with Crippen LogP contribution in [0.4, 0.5) is 0 Å². The van der Waals surface area contributed by atoms with Gasteiger partial charge in [0.2, 0.25) is 5.91 Å². The van der Waals surface area contributed by atoms with Crippen LogP contribution in [0.2, 0.25) is 0 Å². The van der Waals surface area contributed by atoms with Crippen molar-refractivity contribution in [3.05, 3.63) is 41.2 Å². The highest BCUT2D eigenvalue weighted by Gasteiger charge is 2.33. The molecule has 1 amide bonds. The van der Waals surface area contributed by atoms with Crippen molar-refractivity contribution in [2.24, 2.45) is 5.92 Å². The van der Waals surface area contributed by atoms with Gasteiger partial charge < -0.3 is 9.32 Å². The Morgan fingerprint density at radius 3 is 2.60 bits per heavy atom. The van der Waals surface area contributed by atoms with Crippen LogP contribution in [-0.4, -0.2) is 43.7 Å². The summed E-state index contributed by atoms with van der Waals surface area (Å²) >= 11 is 1.22. The molecule has 2 aromatic heterocycles. The van der Waals surface area contributed by atoms with Crippen molar-refractivity contribution in [1.29, 1.82) is 0 Å². The Labute approximate surface area is 152 Å². The Morgan fingerprint density at radius 1 is 1.32 bits per heavy atom. The number of nitrogens with zero attached hydrogens (tertiary/aromatic N) is 2. The van der Waals surface area contributed by atoms with Gasteiger partial charge in [-0.3, -0.25) is 4.79 Å². The third kappa shape index (κ3) is 3.96. The molecular weight excluding hydrogens is 360 g/mol. The number of hydrogen-bond acceptors (Lipinski definition) is 5. The van der Waals surface area contributed by atoms with Crippen LogP contribution < -0.4 is 0 Å². The highest BCUT2D eigenvalue weighted by atomic mass is 32.2. The number of amides is 1. The molecule has 0 unspecified atom stereocenters. The summed E-state index contributed by atoms with van der Waals surface area (Å²) in [6.45, 7) is 3.06. The highest BCUT2D eigenvalue weighted by Crippen LogP contribution is 2.27. The van der Waals surface area contributed by atoms with Crippen LogP contribution in [0.1, 0.15) is 24.4 Å². The Hall–Kier alpha value is -1.64. The second-order valence-electron chi connectivity index (χ2n) is 6.32. The third-order valence-corrected chi connectivity index (χ3v) is 7.73. The summed E-state index contributed by atoms with van der Waals surface area (Å²) in [5, 5.41) is 1.76. The predicted octanol–water partition coefficient (Wildman–Crippen LogP) is 2.71. The molecule has 2 aromatic rings. The zero-order valence-corrected chi connectivity index (χ0v) is 16.0. The smallest absolute Gasteiger partial charge is 0.252 e. The maximum atomic E-state index is 12.6. The molecule has 3 heterocycles. The molecule has 0 aliphatic carbocycles. The Morgan fingerprint density at radius 2 is 2.04 bits per heavy atom. The van der Waals surface area contributed by atoms with E-state index >= 15 is 0 Å². The number of sulfonamides is 1. The number of carbonyl (C=O) groups excluding carboxylic acids is 1. The molecule has 1 fully saturated rings. The average molecular weight is 383 g/mol. The standard InChI is InChI=1S/C17H22N2O4S2/c1-13-5-6-15(23-13)12-18(2)17(20)14-7-9-19(10-8-14)25(21,22)16-4-3-11-24-16/h3-6,11,14H,7-10,12H2,1-2H3. The van der Waals surface area contributed by atoms with Gasteiger partial charge in [0.1, 0.15) is 15.7 Å². The number of piperidine rings is 1. The molecule has 0 saturated carbocycles. The molecule has 136 valence electrons. The van der Waals surface area contributed by atoms with E-state index in [1.807, 2.05) is 19.1 Å². The molecule has 1 saturated heterocycles. The summed E-state index contributed by atoms with van der Waals surface area (Å²) in [7, 11) is -1.66. The normalized spacial score (nSPS) is 16.9. The van der Waals surface area contributed by atoms with Crippen LogP contribution in [0.3, 0.4) is 0 Å². The van der Waals surface area contributed by atoms with Gasteiger partial charge >= 0.3 is 0 Å². The van der Waals surface area contributed by atoms with E-state index in [1.54, 1.807) is 29.5 Å². The van der Waals surface area contributed by atoms with E-state index in [2.05, 4.69) is 0 Å². The van der Waals surface area contributed by atoms with Crippen LogP contribution in [0.25, 0.3) is 0 Å². The summed E-state index contributed by atoms with van der Waals surface area (Å²) in [6, 6.07) is 7.10. The van der Waals surface area contributed by atoms with Crippen LogP contribution in [0.15, 0.2) is 38.3 Å². The van der Waals surface area contributed by atoms with Gasteiger partial charge in [0, 0.05) is 26.1 Å². The SMILES string of the molecule is Cc1ccc(CN(C)C(=O)C2CCN(S(=O)(=O)c3cccs3)CC2)o1. The maximum Gasteiger partial charge on any atom is 0.252 e. The Kier molecular flexibility index (Phi) is 5.31. The lowest BCUT2D eigenvalue weighted by atomic mass is 9.96. The molecule has 8 heteroatoms. The van der Waals surface area contributed by atoms with Crippen LogP contribution in [-0.2, 0) is 21.4 Å². The lowest BCUT2D eigenvalue weighted by Crippen LogP contribution is -2.43. The van der Waals surface area contributed by atoms with E-state index in [0.29, 0.717) is 36.7 Å². The van der Waals surface area contributed by atoms with E-state index in [1.165, 1.54) is 15.6 Å². The van der Waals surface area contributed by atoms with E-state index in [-0.39, 0.29) is 11.8 Å². The fourth-order valence-corrected chi connectivity index (χ4v) is 5.69. The minimum Gasteiger partial charge on any atom is -0.464 e. The van der Waals surface area contributed by atoms with Gasteiger partial charge in [-0.2, -0.15) is 4.31 Å². The van der Waals surface area contributed by atoms with Crippen molar-refractivity contribution in [3.63, 3.8) is 0 Å². The second kappa shape index (κ2) is 7.31. The van der Waals surface area contributed by atoms with Gasteiger partial charge in [-0.05, 0) is 43.3 Å². The largest absolute Gasteiger partial charge is 0.464 e. The summed E-state index contributed by atoms with van der Waals surface area (Å²) in [6.07, 6.45) is 1.09. The molecule has 0 spiro atoms. The van der Waals surface area contributed by atoms with Crippen molar-refractivity contribution < 1.29 is 17.6 Å². The van der Waals surface area contributed by atoms with Crippen molar-refractivity contribution in [1.82, 2.24) is 9.21 Å². The predicted molar refractivity (Wildman–Crippen MR) is 95.7 cm³/mol. The van der Waals surface area contributed by atoms with E-state index in [0.717, 1.165) is 11.5 Å². The minimum absolute atomic E-state index is 0.0437. The summed E-state index contributed by atoms with van der Waals surface area (Å²) in [4.78, 5) is 14.3. The Balaban J connectivity index is 1.57. The van der Waals surface area contributed by atoms with Crippen LogP contribution in [0.5, 0.6) is 0 Å². The molecule has 0 radical (unpaired) electrons. The number of carbonyl (C=O) groups is 1. The van der Waals surface area contributed by atoms with Gasteiger partial charge in [0.15, 0.2) is 0 Å². The quantitative estimate of drug-likeness (QED) is 0.797. The van der Waals surface area contributed by atoms with Gasteiger partial charge in [-0.25, -0.2) is 8.42 Å². The van der Waals surface area contributed by atoms with Gasteiger partial charge in [0.05, 0.1) is 6.54 Å². The highest BCUT2D eigenvalue weighted by molar-refractivity contribution is 7.91. The van der Waals surface area contributed by atoms with Crippen molar-refractivity contribution in [2.75, 3.05) is 20.1 Å². The first kappa shape index (κ1) is 18.2. The van der Waals surface area contributed by atoms with Crippen molar-refractivity contribution in [3.8, 4) is 0 Å². The third-order valence-electron chi connectivity index (χ3n) is 4.46. The first-order valence-electron chi connectivity index (χ1n) is 8.22. The monoisotopic (exact) mass is 382 g/mol. The molecule has 0 aromatic carbocycles. The summed E-state index contributed by atoms with van der Waals surface area (Å²) < 4.78 is 32.4. The molecule has 0 N–H and O–H groups in total. The number of hydrogen-bond donors (Lipinski definition) is 0. The summed E-state index contributed by atoms with van der Waals surface area (Å²) in [5.74, 6) is 1.48. The molecule has 3 rings (SSSR count). The lowest BCUT2D eigenvalue weighted by Gasteiger charge is -2.32. The van der Waals surface area contributed by atoms with Crippen molar-refractivity contribution >= 4 is 27.3 Å². The topological polar surface area (TPSA) is 70.8 Å². The van der Waals surface area contributed by atoms with Crippen LogP contribution >= 0.6 is 11.3 Å². The Bertz CT molecular complexity index is 819. The van der Waals surface area contributed by atoms with E-state index < -0.39 is 10.0 Å². The molecule has 6 nitrogen and oxygen atoms in total. The summed E-state index contributed by atoms with van der Waals surface area (Å²) in [5.41, 5.74) is 0. The fourth-order valence-electron chi connectivity index (χ4n) is 3.07. The molecule has 0 bridgehead atoms. The zero-order chi connectivity index (χ0) is 18.0. The molecule has 0 atom stereocenters. The minimum atomic E-state index is -3.42. The number of aryl methyl sites for hydroxylation is 1. The second-order valence-corrected chi connectivity index (χ2v) is 9.43. The number of thiophene rings is 1. The molecule has 1 aliphatic rings. The zero-order valence-electron chi connectivity index (χ0n) is 14.3.